The van der Waals surface area contributed by atoms with Crippen LogP contribution in [0.15, 0.2) is 42.6 Å². The molecule has 2 aliphatic rings. The maximum Gasteiger partial charge on any atom is 0.256 e. The summed E-state index contributed by atoms with van der Waals surface area (Å²) in [4.78, 5) is 35.3. The molecule has 1 unspecified atom stereocenters. The van der Waals surface area contributed by atoms with Crippen LogP contribution in [0.4, 0.5) is 15.9 Å². The summed E-state index contributed by atoms with van der Waals surface area (Å²) in [7, 11) is 0. The van der Waals surface area contributed by atoms with Crippen LogP contribution in [0.2, 0.25) is 0 Å². The lowest BCUT2D eigenvalue weighted by Gasteiger charge is -2.39. The van der Waals surface area contributed by atoms with Gasteiger partial charge in [0, 0.05) is 64.6 Å². The minimum atomic E-state index is -0.558. The lowest BCUT2D eigenvalue weighted by Crippen LogP contribution is -2.50. The Kier molecular flexibility index (Phi) is 6.99. The van der Waals surface area contributed by atoms with E-state index in [1.807, 2.05) is 24.4 Å². The Bertz CT molecular complexity index is 947. The first kappa shape index (κ1) is 22.2. The van der Waals surface area contributed by atoms with Crippen molar-refractivity contribution in [2.24, 2.45) is 5.92 Å². The molecule has 0 spiro atoms. The number of nitrogens with zero attached hydrogens (tertiary/aromatic N) is 4. The smallest absolute Gasteiger partial charge is 0.256 e. The Morgan fingerprint density at radius 3 is 2.66 bits per heavy atom. The van der Waals surface area contributed by atoms with Crippen LogP contribution in [-0.2, 0) is 4.79 Å². The van der Waals surface area contributed by atoms with Crippen LogP contribution >= 0.6 is 0 Å². The molecule has 0 radical (unpaired) electrons. The van der Waals surface area contributed by atoms with Crippen LogP contribution in [0.1, 0.15) is 30.1 Å². The number of aromatic nitrogens is 1. The van der Waals surface area contributed by atoms with Crippen LogP contribution in [-0.4, -0.2) is 72.4 Å². The second-order valence-electron chi connectivity index (χ2n) is 8.61. The standard InChI is InChI=1S/C24H30FN5O2/c1-18(31)27-20-7-8-22(25)21(15-20)24(32)30-10-4-5-19(17-30)16-28-11-13-29(14-12-28)23-6-2-3-9-26-23/h2-3,6-9,15,19H,4-5,10-14,16-17H2,1H3,(H,27,31). The van der Waals surface area contributed by atoms with Gasteiger partial charge in [0.05, 0.1) is 5.56 Å². The highest BCUT2D eigenvalue weighted by Gasteiger charge is 2.28. The third-order valence-electron chi connectivity index (χ3n) is 6.19. The number of benzene rings is 1. The van der Waals surface area contributed by atoms with Gasteiger partial charge in [0.15, 0.2) is 0 Å². The summed E-state index contributed by atoms with van der Waals surface area (Å²) >= 11 is 0. The number of piperazine rings is 1. The number of amides is 2. The van der Waals surface area contributed by atoms with Crippen molar-refractivity contribution in [1.82, 2.24) is 14.8 Å². The molecule has 2 amide bonds. The number of anilines is 2. The van der Waals surface area contributed by atoms with Crippen LogP contribution < -0.4 is 10.2 Å². The minimum absolute atomic E-state index is 0.0147. The molecule has 0 bridgehead atoms. The van der Waals surface area contributed by atoms with Gasteiger partial charge < -0.3 is 15.1 Å². The monoisotopic (exact) mass is 439 g/mol. The molecule has 2 fully saturated rings. The molecule has 1 N–H and O–H groups in total. The van der Waals surface area contributed by atoms with Gasteiger partial charge in [0.1, 0.15) is 11.6 Å². The van der Waals surface area contributed by atoms with E-state index >= 15 is 0 Å². The molecule has 3 heterocycles. The Balaban J connectivity index is 1.33. The predicted molar refractivity (Wildman–Crippen MR) is 122 cm³/mol. The summed E-state index contributed by atoms with van der Waals surface area (Å²) in [6.07, 6.45) is 3.81. The number of carbonyl (C=O) groups is 2. The molecule has 0 aliphatic carbocycles. The van der Waals surface area contributed by atoms with E-state index in [0.29, 0.717) is 24.7 Å². The first-order valence-corrected chi connectivity index (χ1v) is 11.2. The van der Waals surface area contributed by atoms with Gasteiger partial charge in [0.2, 0.25) is 5.91 Å². The van der Waals surface area contributed by atoms with E-state index in [1.54, 1.807) is 4.90 Å². The van der Waals surface area contributed by atoms with Gasteiger partial charge in [-0.2, -0.15) is 0 Å². The number of rotatable bonds is 5. The molecule has 1 aromatic heterocycles. The third kappa shape index (κ3) is 5.43. The zero-order valence-electron chi connectivity index (χ0n) is 18.5. The van der Waals surface area contributed by atoms with Crippen LogP contribution in [0.5, 0.6) is 0 Å². The summed E-state index contributed by atoms with van der Waals surface area (Å²) in [6, 6.07) is 10.1. The summed E-state index contributed by atoms with van der Waals surface area (Å²) in [5, 5.41) is 2.62. The Morgan fingerprint density at radius 1 is 1.12 bits per heavy atom. The average molecular weight is 440 g/mol. The fraction of sp³-hybridized carbons (Fsp3) is 0.458. The highest BCUT2D eigenvalue weighted by atomic mass is 19.1. The Hall–Kier alpha value is -3.00. The van der Waals surface area contributed by atoms with E-state index in [4.69, 9.17) is 0 Å². The highest BCUT2D eigenvalue weighted by molar-refractivity contribution is 5.97. The molecule has 4 rings (SSSR count). The SMILES string of the molecule is CC(=O)Nc1ccc(F)c(C(=O)N2CCCC(CN3CCN(c4ccccn4)CC3)C2)c1. The van der Waals surface area contributed by atoms with Crippen molar-refractivity contribution in [3.8, 4) is 0 Å². The van der Waals surface area contributed by atoms with Crippen LogP contribution in [0.3, 0.4) is 0 Å². The maximum absolute atomic E-state index is 14.4. The molecule has 2 aromatic rings. The average Bonchev–Trinajstić information content (AvgIpc) is 2.81. The molecule has 1 atom stereocenters. The van der Waals surface area contributed by atoms with Gasteiger partial charge in [0.25, 0.3) is 5.91 Å². The van der Waals surface area contributed by atoms with Gasteiger partial charge in [-0.15, -0.1) is 0 Å². The maximum atomic E-state index is 14.4. The molecule has 1 aromatic carbocycles. The first-order chi connectivity index (χ1) is 15.5. The van der Waals surface area contributed by atoms with E-state index in [1.165, 1.54) is 25.1 Å². The summed E-state index contributed by atoms with van der Waals surface area (Å²) in [5.41, 5.74) is 0.447. The van der Waals surface area contributed by atoms with Gasteiger partial charge in [-0.1, -0.05) is 6.07 Å². The van der Waals surface area contributed by atoms with Gasteiger partial charge in [-0.05, 0) is 49.1 Å². The molecule has 8 heteroatoms. The zero-order chi connectivity index (χ0) is 22.5. The normalized spacial score (nSPS) is 19.6. The molecule has 0 saturated carbocycles. The number of hydrogen-bond acceptors (Lipinski definition) is 5. The predicted octanol–water partition coefficient (Wildman–Crippen LogP) is 2.85. The summed E-state index contributed by atoms with van der Waals surface area (Å²) < 4.78 is 14.4. The van der Waals surface area contributed by atoms with E-state index < -0.39 is 5.82 Å². The number of piperidine rings is 1. The number of nitrogens with one attached hydrogen (secondary N) is 1. The second-order valence-corrected chi connectivity index (χ2v) is 8.61. The topological polar surface area (TPSA) is 68.8 Å². The van der Waals surface area contributed by atoms with Crippen LogP contribution in [0.25, 0.3) is 0 Å². The van der Waals surface area contributed by atoms with Crippen LogP contribution in [0, 0.1) is 11.7 Å². The van der Waals surface area contributed by atoms with Crippen molar-refractivity contribution < 1.29 is 14.0 Å². The number of carbonyl (C=O) groups excluding carboxylic acids is 2. The van der Waals surface area contributed by atoms with E-state index in [9.17, 15) is 14.0 Å². The lowest BCUT2D eigenvalue weighted by molar-refractivity contribution is -0.114. The van der Waals surface area contributed by atoms with E-state index in [-0.39, 0.29) is 17.4 Å². The fourth-order valence-electron chi connectivity index (χ4n) is 4.60. The van der Waals surface area contributed by atoms with E-state index in [0.717, 1.165) is 51.4 Å². The van der Waals surface area contributed by atoms with Crippen molar-refractivity contribution in [2.75, 3.05) is 56.0 Å². The highest BCUT2D eigenvalue weighted by Crippen LogP contribution is 2.23. The van der Waals surface area contributed by atoms with E-state index in [2.05, 4.69) is 20.1 Å². The van der Waals surface area contributed by atoms with Crippen molar-refractivity contribution in [2.45, 2.75) is 19.8 Å². The zero-order valence-corrected chi connectivity index (χ0v) is 18.5. The van der Waals surface area contributed by atoms with Crippen molar-refractivity contribution >= 4 is 23.3 Å². The second kappa shape index (κ2) is 10.1. The largest absolute Gasteiger partial charge is 0.354 e. The quantitative estimate of drug-likeness (QED) is 0.776. The number of pyridine rings is 1. The lowest BCUT2D eigenvalue weighted by atomic mass is 9.96. The fourth-order valence-corrected chi connectivity index (χ4v) is 4.60. The van der Waals surface area contributed by atoms with Crippen molar-refractivity contribution in [3.05, 3.63) is 54.0 Å². The van der Waals surface area contributed by atoms with Crippen molar-refractivity contribution in [1.29, 1.82) is 0 Å². The molecule has 170 valence electrons. The number of halogens is 1. The number of likely N-dealkylation sites (tertiary alicyclic amines) is 1. The van der Waals surface area contributed by atoms with Gasteiger partial charge >= 0.3 is 0 Å². The molecule has 7 nitrogen and oxygen atoms in total. The van der Waals surface area contributed by atoms with Gasteiger partial charge in [-0.25, -0.2) is 9.37 Å². The van der Waals surface area contributed by atoms with Crippen molar-refractivity contribution in [3.63, 3.8) is 0 Å². The Morgan fingerprint density at radius 2 is 1.94 bits per heavy atom. The summed E-state index contributed by atoms with van der Waals surface area (Å²) in [5.74, 6) is 0.272. The minimum Gasteiger partial charge on any atom is -0.354 e. The van der Waals surface area contributed by atoms with Gasteiger partial charge in [-0.3, -0.25) is 14.5 Å². The molecule has 2 aliphatic heterocycles. The molecular formula is C24H30FN5O2. The molecule has 32 heavy (non-hydrogen) atoms. The number of hydrogen-bond donors (Lipinski definition) is 1. The third-order valence-corrected chi connectivity index (χ3v) is 6.19. The first-order valence-electron chi connectivity index (χ1n) is 11.2. The molecule has 2 saturated heterocycles. The summed E-state index contributed by atoms with van der Waals surface area (Å²) in [6.45, 7) is 7.39. The Labute approximate surface area is 188 Å². The molecular weight excluding hydrogens is 409 g/mol.